The van der Waals surface area contributed by atoms with Crippen molar-refractivity contribution in [2.24, 2.45) is 5.73 Å². The zero-order valence-corrected chi connectivity index (χ0v) is 8.63. The maximum atomic E-state index is 5.84. The lowest BCUT2D eigenvalue weighted by Crippen LogP contribution is -2.48. The molecule has 0 aliphatic carbocycles. The molecule has 2 rings (SSSR count). The van der Waals surface area contributed by atoms with Crippen molar-refractivity contribution < 1.29 is 9.47 Å². The Balaban J connectivity index is 1.83. The summed E-state index contributed by atoms with van der Waals surface area (Å²) in [6, 6.07) is 0.564. The van der Waals surface area contributed by atoms with Crippen molar-refractivity contribution in [3.8, 4) is 0 Å². The monoisotopic (exact) mass is 200 g/mol. The third kappa shape index (κ3) is 2.25. The fourth-order valence-corrected chi connectivity index (χ4v) is 2.35. The molecule has 0 aromatic heterocycles. The van der Waals surface area contributed by atoms with Gasteiger partial charge in [-0.15, -0.1) is 0 Å². The molecule has 2 heterocycles. The van der Waals surface area contributed by atoms with E-state index >= 15 is 0 Å². The lowest BCUT2D eigenvalue weighted by atomic mass is 9.90. The first kappa shape index (κ1) is 10.4. The number of nitrogens with one attached hydrogen (secondary N) is 1. The highest BCUT2D eigenvalue weighted by Crippen LogP contribution is 2.32. The molecule has 2 fully saturated rings. The third-order valence-electron chi connectivity index (χ3n) is 3.14. The standard InChI is InChI=1S/C10H20N2O2/c11-3-4-12-9-1-5-14-10(7-9)2-6-13-8-10/h9,12H,1-8,11H2. The number of hydrogen-bond acceptors (Lipinski definition) is 4. The third-order valence-corrected chi connectivity index (χ3v) is 3.14. The van der Waals surface area contributed by atoms with Gasteiger partial charge in [0.25, 0.3) is 0 Å². The average molecular weight is 200 g/mol. The molecule has 2 aliphatic rings. The van der Waals surface area contributed by atoms with E-state index in [0.717, 1.165) is 45.6 Å². The van der Waals surface area contributed by atoms with E-state index in [1.54, 1.807) is 0 Å². The van der Waals surface area contributed by atoms with E-state index < -0.39 is 0 Å². The summed E-state index contributed by atoms with van der Waals surface area (Å²) in [5, 5.41) is 3.46. The normalized spacial score (nSPS) is 37.9. The summed E-state index contributed by atoms with van der Waals surface area (Å²) in [7, 11) is 0. The first-order chi connectivity index (χ1) is 6.85. The number of nitrogens with two attached hydrogens (primary N) is 1. The van der Waals surface area contributed by atoms with Crippen LogP contribution in [-0.2, 0) is 9.47 Å². The minimum absolute atomic E-state index is 0.0184. The molecule has 2 aliphatic heterocycles. The van der Waals surface area contributed by atoms with Gasteiger partial charge in [0, 0.05) is 38.8 Å². The zero-order chi connectivity index (χ0) is 9.86. The lowest BCUT2D eigenvalue weighted by Gasteiger charge is -2.37. The van der Waals surface area contributed by atoms with Crippen LogP contribution in [0.15, 0.2) is 0 Å². The number of ether oxygens (including phenoxy) is 2. The molecular formula is C10H20N2O2. The van der Waals surface area contributed by atoms with Crippen LogP contribution in [0.2, 0.25) is 0 Å². The second-order valence-electron chi connectivity index (χ2n) is 4.27. The van der Waals surface area contributed by atoms with E-state index in [1.165, 1.54) is 0 Å². The molecule has 0 amide bonds. The molecule has 0 saturated carbocycles. The van der Waals surface area contributed by atoms with Gasteiger partial charge in [0.1, 0.15) is 0 Å². The average Bonchev–Trinajstić information content (AvgIpc) is 2.63. The Bertz CT molecular complexity index is 181. The molecule has 2 unspecified atom stereocenters. The van der Waals surface area contributed by atoms with Crippen molar-refractivity contribution >= 4 is 0 Å². The molecule has 1 spiro atoms. The minimum Gasteiger partial charge on any atom is -0.378 e. The molecule has 0 aromatic rings. The summed E-state index contributed by atoms with van der Waals surface area (Å²) in [6.45, 7) is 4.09. The van der Waals surface area contributed by atoms with Crippen LogP contribution in [0.3, 0.4) is 0 Å². The van der Waals surface area contributed by atoms with Crippen molar-refractivity contribution in [3.05, 3.63) is 0 Å². The molecule has 82 valence electrons. The van der Waals surface area contributed by atoms with Gasteiger partial charge in [-0.2, -0.15) is 0 Å². The Labute approximate surface area is 85.1 Å². The van der Waals surface area contributed by atoms with E-state index in [0.29, 0.717) is 12.6 Å². The maximum absolute atomic E-state index is 5.84. The van der Waals surface area contributed by atoms with Crippen molar-refractivity contribution in [2.75, 3.05) is 32.9 Å². The quantitative estimate of drug-likeness (QED) is 0.666. The molecular weight excluding hydrogens is 180 g/mol. The summed E-state index contributed by atoms with van der Waals surface area (Å²) in [4.78, 5) is 0. The number of hydrogen-bond donors (Lipinski definition) is 2. The largest absolute Gasteiger partial charge is 0.378 e. The minimum atomic E-state index is 0.0184. The van der Waals surface area contributed by atoms with Gasteiger partial charge in [0.2, 0.25) is 0 Å². The van der Waals surface area contributed by atoms with Gasteiger partial charge in [-0.05, 0) is 12.8 Å². The Morgan fingerprint density at radius 1 is 1.43 bits per heavy atom. The van der Waals surface area contributed by atoms with Gasteiger partial charge in [0.15, 0.2) is 0 Å². The van der Waals surface area contributed by atoms with Crippen molar-refractivity contribution in [1.82, 2.24) is 5.32 Å². The highest BCUT2D eigenvalue weighted by Gasteiger charge is 2.40. The SMILES string of the molecule is NCCNC1CCOC2(CCOC2)C1. The van der Waals surface area contributed by atoms with Crippen LogP contribution >= 0.6 is 0 Å². The van der Waals surface area contributed by atoms with Crippen LogP contribution in [0.4, 0.5) is 0 Å². The van der Waals surface area contributed by atoms with E-state index in [1.807, 2.05) is 0 Å². The van der Waals surface area contributed by atoms with Crippen LogP contribution in [0.25, 0.3) is 0 Å². The van der Waals surface area contributed by atoms with Crippen molar-refractivity contribution in [3.63, 3.8) is 0 Å². The summed E-state index contributed by atoms with van der Waals surface area (Å²) < 4.78 is 11.3. The topological polar surface area (TPSA) is 56.5 Å². The highest BCUT2D eigenvalue weighted by atomic mass is 16.6. The predicted octanol–water partition coefficient (Wildman–Crippen LogP) is -0.127. The molecule has 0 radical (unpaired) electrons. The summed E-state index contributed by atoms with van der Waals surface area (Å²) in [5.41, 5.74) is 5.49. The molecule has 4 nitrogen and oxygen atoms in total. The fourth-order valence-electron chi connectivity index (χ4n) is 2.35. The smallest absolute Gasteiger partial charge is 0.0951 e. The first-order valence-electron chi connectivity index (χ1n) is 5.50. The second kappa shape index (κ2) is 4.57. The van der Waals surface area contributed by atoms with Gasteiger partial charge >= 0.3 is 0 Å². The van der Waals surface area contributed by atoms with Gasteiger partial charge in [-0.25, -0.2) is 0 Å². The summed E-state index contributed by atoms with van der Waals surface area (Å²) >= 11 is 0. The van der Waals surface area contributed by atoms with Gasteiger partial charge in [-0.3, -0.25) is 0 Å². The summed E-state index contributed by atoms with van der Waals surface area (Å²) in [5.74, 6) is 0. The molecule has 3 N–H and O–H groups in total. The van der Waals surface area contributed by atoms with E-state index in [-0.39, 0.29) is 5.60 Å². The number of rotatable bonds is 3. The molecule has 2 saturated heterocycles. The zero-order valence-electron chi connectivity index (χ0n) is 8.63. The molecule has 2 atom stereocenters. The molecule has 14 heavy (non-hydrogen) atoms. The van der Waals surface area contributed by atoms with Gasteiger partial charge < -0.3 is 20.5 Å². The molecule has 0 bridgehead atoms. The Morgan fingerprint density at radius 3 is 3.07 bits per heavy atom. The van der Waals surface area contributed by atoms with Crippen LogP contribution in [-0.4, -0.2) is 44.6 Å². The van der Waals surface area contributed by atoms with Crippen LogP contribution in [0, 0.1) is 0 Å². The fraction of sp³-hybridized carbons (Fsp3) is 1.00. The van der Waals surface area contributed by atoms with Gasteiger partial charge in [-0.1, -0.05) is 0 Å². The lowest BCUT2D eigenvalue weighted by molar-refractivity contribution is -0.0891. The highest BCUT2D eigenvalue weighted by molar-refractivity contribution is 4.92. The molecule has 4 heteroatoms. The Hall–Kier alpha value is -0.160. The second-order valence-corrected chi connectivity index (χ2v) is 4.27. The van der Waals surface area contributed by atoms with Gasteiger partial charge in [0.05, 0.1) is 12.2 Å². The Kier molecular flexibility index (Phi) is 3.38. The van der Waals surface area contributed by atoms with Crippen LogP contribution in [0.1, 0.15) is 19.3 Å². The van der Waals surface area contributed by atoms with E-state index in [2.05, 4.69) is 5.32 Å². The van der Waals surface area contributed by atoms with E-state index in [9.17, 15) is 0 Å². The summed E-state index contributed by atoms with van der Waals surface area (Å²) in [6.07, 6.45) is 3.22. The Morgan fingerprint density at radius 2 is 2.36 bits per heavy atom. The maximum Gasteiger partial charge on any atom is 0.0951 e. The van der Waals surface area contributed by atoms with E-state index in [4.69, 9.17) is 15.2 Å². The van der Waals surface area contributed by atoms with Crippen molar-refractivity contribution in [2.45, 2.75) is 30.9 Å². The van der Waals surface area contributed by atoms with Crippen LogP contribution in [0.5, 0.6) is 0 Å². The molecule has 0 aromatic carbocycles. The first-order valence-corrected chi connectivity index (χ1v) is 5.50. The van der Waals surface area contributed by atoms with Crippen molar-refractivity contribution in [1.29, 1.82) is 0 Å². The van der Waals surface area contributed by atoms with Crippen LogP contribution < -0.4 is 11.1 Å². The predicted molar refractivity (Wildman–Crippen MR) is 54.2 cm³/mol.